The van der Waals surface area contributed by atoms with Crippen LogP contribution >= 0.6 is 15.9 Å². The van der Waals surface area contributed by atoms with Gasteiger partial charge in [0, 0.05) is 4.47 Å². The van der Waals surface area contributed by atoms with Crippen molar-refractivity contribution in [3.63, 3.8) is 0 Å². The number of hydroxylamine groups is 1. The molecule has 0 radical (unpaired) electrons. The molecule has 7 nitrogen and oxygen atoms in total. The number of halogens is 1. The van der Waals surface area contributed by atoms with Gasteiger partial charge < -0.3 is 9.84 Å². The van der Waals surface area contributed by atoms with Crippen LogP contribution in [-0.4, -0.2) is 30.1 Å². The fourth-order valence-electron chi connectivity index (χ4n) is 4.30. The highest BCUT2D eigenvalue weighted by Crippen LogP contribution is 2.49. The lowest BCUT2D eigenvalue weighted by atomic mass is 9.90. The van der Waals surface area contributed by atoms with E-state index >= 15 is 0 Å². The number of carbonyl (C=O) groups excluding carboxylic acids is 2. The minimum Gasteiger partial charge on any atom is -0.504 e. The van der Waals surface area contributed by atoms with E-state index in [-0.39, 0.29) is 17.4 Å². The number of amides is 2. The third-order valence-corrected chi connectivity index (χ3v) is 6.44. The minimum atomic E-state index is -0.973. The minimum absolute atomic E-state index is 0.0124. The van der Waals surface area contributed by atoms with Crippen molar-refractivity contribution < 1.29 is 24.3 Å². The second kappa shape index (κ2) is 7.96. The van der Waals surface area contributed by atoms with Gasteiger partial charge in [-0.2, -0.15) is 0 Å². The lowest BCUT2D eigenvalue weighted by Gasteiger charge is -2.29. The first kappa shape index (κ1) is 20.5. The van der Waals surface area contributed by atoms with Crippen molar-refractivity contribution in [2.75, 3.05) is 17.1 Å². The van der Waals surface area contributed by atoms with Gasteiger partial charge in [-0.3, -0.25) is 14.4 Å². The summed E-state index contributed by atoms with van der Waals surface area (Å²) in [6.45, 7) is 0. The summed E-state index contributed by atoms with van der Waals surface area (Å²) in [5.41, 5.74) is 1.88. The number of carbonyl (C=O) groups is 2. The number of benzene rings is 3. The number of fused-ring (bicyclic) bond motifs is 1. The first-order valence-electron chi connectivity index (χ1n) is 10.0. The number of hydrogen-bond donors (Lipinski definition) is 1. The molecule has 0 aromatic heterocycles. The zero-order valence-electron chi connectivity index (χ0n) is 17.0. The van der Waals surface area contributed by atoms with Crippen LogP contribution in [0.5, 0.6) is 11.5 Å². The van der Waals surface area contributed by atoms with Gasteiger partial charge >= 0.3 is 0 Å². The summed E-state index contributed by atoms with van der Waals surface area (Å²) in [7, 11) is 1.46. The van der Waals surface area contributed by atoms with Crippen LogP contribution in [0.2, 0.25) is 0 Å². The number of phenolic OH excluding ortho intramolecular Hbond substituents is 1. The van der Waals surface area contributed by atoms with Crippen molar-refractivity contribution in [3.8, 4) is 11.5 Å². The molecule has 32 heavy (non-hydrogen) atoms. The molecule has 1 N–H and O–H groups in total. The predicted octanol–water partition coefficient (Wildman–Crippen LogP) is 4.21. The van der Waals surface area contributed by atoms with Crippen molar-refractivity contribution in [3.05, 3.63) is 82.8 Å². The number of anilines is 2. The van der Waals surface area contributed by atoms with E-state index in [9.17, 15) is 14.7 Å². The molecule has 0 unspecified atom stereocenters. The number of rotatable bonds is 4. The maximum absolute atomic E-state index is 13.6. The first-order chi connectivity index (χ1) is 15.5. The smallest absolute Gasteiger partial charge is 0.266 e. The maximum atomic E-state index is 13.6. The van der Waals surface area contributed by atoms with Gasteiger partial charge in [0.05, 0.1) is 24.5 Å². The van der Waals surface area contributed by atoms with Crippen LogP contribution in [0.25, 0.3) is 0 Å². The Hall–Kier alpha value is -3.36. The van der Waals surface area contributed by atoms with Crippen LogP contribution < -0.4 is 14.7 Å². The second-order valence-corrected chi connectivity index (χ2v) is 8.41. The quantitative estimate of drug-likeness (QED) is 0.547. The van der Waals surface area contributed by atoms with E-state index in [0.29, 0.717) is 21.4 Å². The Balaban J connectivity index is 1.62. The standard InChI is InChI=1S/C24H19BrN2O5/c1-31-19-13-14(11-12-18(19)28)21-20-22(32-27(21)15-7-3-2-4-8-15)24(30)26(23(20)29)17-10-6-5-9-16(17)25/h2-13,20-22,28H,1H3/t20-,21-,22-/m1/s1. The number of para-hydroxylation sites is 2. The molecule has 2 aliphatic rings. The van der Waals surface area contributed by atoms with Crippen molar-refractivity contribution >= 4 is 39.1 Å². The third-order valence-electron chi connectivity index (χ3n) is 5.76. The Morgan fingerprint density at radius 3 is 2.41 bits per heavy atom. The topological polar surface area (TPSA) is 79.3 Å². The van der Waals surface area contributed by atoms with Crippen molar-refractivity contribution in [1.29, 1.82) is 0 Å². The molecular formula is C24H19BrN2O5. The van der Waals surface area contributed by atoms with Gasteiger partial charge in [0.15, 0.2) is 17.6 Å². The normalized spacial score (nSPS) is 22.4. The highest BCUT2D eigenvalue weighted by atomic mass is 79.9. The summed E-state index contributed by atoms with van der Waals surface area (Å²) in [6.07, 6.45) is -0.973. The molecule has 3 aromatic rings. The number of hydrogen-bond acceptors (Lipinski definition) is 6. The Kier molecular flexibility index (Phi) is 5.11. The molecule has 0 bridgehead atoms. The van der Waals surface area contributed by atoms with E-state index in [1.165, 1.54) is 18.1 Å². The Labute approximate surface area is 192 Å². The monoisotopic (exact) mass is 494 g/mol. The van der Waals surface area contributed by atoms with Crippen LogP contribution in [0.15, 0.2) is 77.3 Å². The molecule has 2 aliphatic heterocycles. The van der Waals surface area contributed by atoms with E-state index in [4.69, 9.17) is 9.57 Å². The van der Waals surface area contributed by atoms with Gasteiger partial charge in [0.1, 0.15) is 5.92 Å². The first-order valence-corrected chi connectivity index (χ1v) is 10.8. The fraction of sp³-hybridized carbons (Fsp3) is 0.167. The molecule has 2 saturated heterocycles. The van der Waals surface area contributed by atoms with Gasteiger partial charge in [-0.05, 0) is 57.9 Å². The van der Waals surface area contributed by atoms with Crippen molar-refractivity contribution in [2.24, 2.45) is 5.92 Å². The lowest BCUT2D eigenvalue weighted by Crippen LogP contribution is -2.37. The number of nitrogens with zero attached hydrogens (tertiary/aromatic N) is 2. The van der Waals surface area contributed by atoms with E-state index in [1.807, 2.05) is 36.4 Å². The maximum Gasteiger partial charge on any atom is 0.266 e. The molecule has 3 atom stereocenters. The van der Waals surface area contributed by atoms with E-state index in [1.54, 1.807) is 35.4 Å². The number of imide groups is 1. The molecule has 162 valence electrons. The summed E-state index contributed by atoms with van der Waals surface area (Å²) < 4.78 is 5.92. The molecule has 3 aromatic carbocycles. The van der Waals surface area contributed by atoms with Crippen molar-refractivity contribution in [2.45, 2.75) is 12.1 Å². The molecule has 0 aliphatic carbocycles. The molecule has 0 saturated carbocycles. The fourth-order valence-corrected chi connectivity index (χ4v) is 4.76. The van der Waals surface area contributed by atoms with Crippen LogP contribution in [-0.2, 0) is 14.4 Å². The van der Waals surface area contributed by atoms with E-state index in [2.05, 4.69) is 15.9 Å². The summed E-state index contributed by atoms with van der Waals surface area (Å²) in [4.78, 5) is 34.3. The van der Waals surface area contributed by atoms with Crippen LogP contribution in [0, 0.1) is 5.92 Å². The summed E-state index contributed by atoms with van der Waals surface area (Å²) >= 11 is 3.43. The van der Waals surface area contributed by atoms with Gasteiger partial charge in [-0.15, -0.1) is 0 Å². The van der Waals surface area contributed by atoms with Crippen LogP contribution in [0.1, 0.15) is 11.6 Å². The Bertz CT molecular complexity index is 1200. The molecule has 5 rings (SSSR count). The summed E-state index contributed by atoms with van der Waals surface area (Å²) in [5, 5.41) is 11.7. The average Bonchev–Trinajstić information content (AvgIpc) is 3.31. The highest BCUT2D eigenvalue weighted by Gasteiger charge is 2.60. The number of ether oxygens (including phenoxy) is 1. The van der Waals surface area contributed by atoms with Gasteiger partial charge in [-0.25, -0.2) is 9.96 Å². The Morgan fingerprint density at radius 1 is 0.969 bits per heavy atom. The number of phenols is 1. The number of methoxy groups -OCH3 is 1. The highest BCUT2D eigenvalue weighted by molar-refractivity contribution is 9.10. The van der Waals surface area contributed by atoms with Gasteiger partial charge in [0.2, 0.25) is 5.91 Å². The molecule has 0 spiro atoms. The lowest BCUT2D eigenvalue weighted by molar-refractivity contribution is -0.126. The van der Waals surface area contributed by atoms with Crippen LogP contribution in [0.4, 0.5) is 11.4 Å². The molecule has 2 heterocycles. The van der Waals surface area contributed by atoms with Crippen LogP contribution in [0.3, 0.4) is 0 Å². The van der Waals surface area contributed by atoms with E-state index in [0.717, 1.165) is 0 Å². The largest absolute Gasteiger partial charge is 0.504 e. The zero-order chi connectivity index (χ0) is 22.4. The Morgan fingerprint density at radius 2 is 1.69 bits per heavy atom. The van der Waals surface area contributed by atoms with Crippen molar-refractivity contribution in [1.82, 2.24) is 0 Å². The summed E-state index contributed by atoms with van der Waals surface area (Å²) in [6, 6.07) is 20.7. The average molecular weight is 495 g/mol. The summed E-state index contributed by atoms with van der Waals surface area (Å²) in [5.74, 6) is -1.27. The second-order valence-electron chi connectivity index (χ2n) is 7.55. The molecular weight excluding hydrogens is 476 g/mol. The third kappa shape index (κ3) is 3.14. The number of aromatic hydroxyl groups is 1. The van der Waals surface area contributed by atoms with E-state index < -0.39 is 24.0 Å². The zero-order valence-corrected chi connectivity index (χ0v) is 18.6. The molecule has 2 amide bonds. The SMILES string of the molecule is COc1cc([C@@H]2[C@H]3C(=O)N(c4ccccc4Br)C(=O)[C@@H]3ON2c2ccccc2)ccc1O. The predicted molar refractivity (Wildman–Crippen MR) is 121 cm³/mol. The molecule has 2 fully saturated rings. The van der Waals surface area contributed by atoms with Gasteiger partial charge in [-0.1, -0.05) is 36.4 Å². The molecule has 8 heteroatoms. The van der Waals surface area contributed by atoms with Gasteiger partial charge in [0.25, 0.3) is 5.91 Å².